The highest BCUT2D eigenvalue weighted by molar-refractivity contribution is 9.10. The average molecular weight is 498 g/mol. The molecule has 8 heteroatoms. The van der Waals surface area contributed by atoms with Crippen LogP contribution in [0.25, 0.3) is 5.57 Å². The van der Waals surface area contributed by atoms with E-state index in [2.05, 4.69) is 21.2 Å². The van der Waals surface area contributed by atoms with Gasteiger partial charge in [0, 0.05) is 23.1 Å². The van der Waals surface area contributed by atoms with Gasteiger partial charge in [0.15, 0.2) is 5.76 Å². The maximum Gasteiger partial charge on any atom is 0.306 e. The molecule has 1 aromatic rings. The molecule has 1 aliphatic heterocycles. The van der Waals surface area contributed by atoms with Crippen LogP contribution in [0.2, 0.25) is 0 Å². The van der Waals surface area contributed by atoms with E-state index in [9.17, 15) is 13.2 Å². The minimum atomic E-state index is -3.82. The van der Waals surface area contributed by atoms with Crippen molar-refractivity contribution in [2.75, 3.05) is 12.9 Å². The van der Waals surface area contributed by atoms with Crippen LogP contribution in [0.15, 0.2) is 22.4 Å². The maximum atomic E-state index is 13.2. The molecule has 3 aliphatic rings. The molecule has 0 bridgehead atoms. The van der Waals surface area contributed by atoms with Crippen molar-refractivity contribution in [1.29, 1.82) is 0 Å². The van der Waals surface area contributed by atoms with Gasteiger partial charge in [0.25, 0.3) is 5.91 Å². The van der Waals surface area contributed by atoms with Gasteiger partial charge in [-0.05, 0) is 62.1 Å². The first-order chi connectivity index (χ1) is 14.1. The van der Waals surface area contributed by atoms with Gasteiger partial charge in [0.05, 0.1) is 17.9 Å². The molecule has 2 atom stereocenters. The fraction of sp³-hybridized carbons (Fsp3) is 0.591. The predicted octanol–water partition coefficient (Wildman–Crippen LogP) is 3.85. The standard InChI is InChI=1S/C22H28BrNO5S/c1-4-15-9-13(2)10-17(23)18(15)19-20(29-30(3,26)27)22(24-21(19)25)8-7-16(11-22)28-12-14-5-6-14/h9-10,14,16H,4-8,11-12H2,1-3H3,(H,24,25)/t16-,22+/m1/s1. The molecular weight excluding hydrogens is 470 g/mol. The summed E-state index contributed by atoms with van der Waals surface area (Å²) in [5, 5.41) is 3.07. The summed E-state index contributed by atoms with van der Waals surface area (Å²) in [6, 6.07) is 3.97. The summed E-state index contributed by atoms with van der Waals surface area (Å²) in [6.45, 7) is 4.74. The van der Waals surface area contributed by atoms with E-state index >= 15 is 0 Å². The smallest absolute Gasteiger partial charge is 0.306 e. The Bertz CT molecular complexity index is 1010. The number of ether oxygens (including phenoxy) is 1. The first kappa shape index (κ1) is 21.8. The molecule has 1 spiro atoms. The summed E-state index contributed by atoms with van der Waals surface area (Å²) in [7, 11) is -3.82. The van der Waals surface area contributed by atoms with Crippen LogP contribution in [0.3, 0.4) is 0 Å². The van der Waals surface area contributed by atoms with Crippen LogP contribution in [-0.4, -0.2) is 38.8 Å². The highest BCUT2D eigenvalue weighted by Gasteiger charge is 2.53. The van der Waals surface area contributed by atoms with Crippen molar-refractivity contribution in [2.24, 2.45) is 5.92 Å². The van der Waals surface area contributed by atoms with Gasteiger partial charge in [-0.2, -0.15) is 8.42 Å². The van der Waals surface area contributed by atoms with Crippen LogP contribution >= 0.6 is 15.9 Å². The number of hydrogen-bond donors (Lipinski definition) is 1. The Morgan fingerprint density at radius 1 is 1.27 bits per heavy atom. The Morgan fingerprint density at radius 2 is 2.00 bits per heavy atom. The fourth-order valence-electron chi connectivity index (χ4n) is 4.57. The van der Waals surface area contributed by atoms with Crippen LogP contribution in [0.5, 0.6) is 0 Å². The molecule has 2 aliphatic carbocycles. The maximum absolute atomic E-state index is 13.2. The van der Waals surface area contributed by atoms with Crippen molar-refractivity contribution in [3.05, 3.63) is 39.1 Å². The predicted molar refractivity (Wildman–Crippen MR) is 118 cm³/mol. The Hall–Kier alpha value is -1.38. The monoisotopic (exact) mass is 497 g/mol. The molecule has 1 aromatic carbocycles. The number of halogens is 1. The van der Waals surface area contributed by atoms with Crippen LogP contribution in [0.4, 0.5) is 0 Å². The minimum absolute atomic E-state index is 0.0180. The molecule has 0 unspecified atom stereocenters. The van der Waals surface area contributed by atoms with Gasteiger partial charge in [-0.15, -0.1) is 0 Å². The lowest BCUT2D eigenvalue weighted by Gasteiger charge is -2.27. The Labute approximate surface area is 186 Å². The SMILES string of the molecule is CCc1cc(C)cc(Br)c1C1=C(OS(C)(=O)=O)[C@@]2(CC[C@@H](OCC3CC3)C2)NC1=O. The van der Waals surface area contributed by atoms with E-state index < -0.39 is 15.7 Å². The van der Waals surface area contributed by atoms with E-state index in [0.717, 1.165) is 34.9 Å². The zero-order valence-corrected chi connectivity index (χ0v) is 20.0. The minimum Gasteiger partial charge on any atom is -0.384 e. The summed E-state index contributed by atoms with van der Waals surface area (Å²) in [5.74, 6) is 0.565. The molecule has 0 aromatic heterocycles. The zero-order valence-electron chi connectivity index (χ0n) is 17.6. The number of aryl methyl sites for hydroxylation is 2. The second kappa shape index (κ2) is 7.95. The summed E-state index contributed by atoms with van der Waals surface area (Å²) >= 11 is 3.60. The Kier molecular flexibility index (Phi) is 5.79. The molecule has 164 valence electrons. The highest BCUT2D eigenvalue weighted by atomic mass is 79.9. The Balaban J connectivity index is 1.79. The van der Waals surface area contributed by atoms with E-state index in [1.807, 2.05) is 26.0 Å². The van der Waals surface area contributed by atoms with Gasteiger partial charge in [-0.25, -0.2) is 0 Å². The van der Waals surface area contributed by atoms with Gasteiger partial charge in [-0.3, -0.25) is 4.79 Å². The Morgan fingerprint density at radius 3 is 2.63 bits per heavy atom. The molecule has 6 nitrogen and oxygen atoms in total. The quantitative estimate of drug-likeness (QED) is 0.578. The van der Waals surface area contributed by atoms with Crippen molar-refractivity contribution in [3.63, 3.8) is 0 Å². The summed E-state index contributed by atoms with van der Waals surface area (Å²) < 4.78 is 36.7. The van der Waals surface area contributed by atoms with Crippen molar-refractivity contribution in [3.8, 4) is 0 Å². The molecule has 0 saturated heterocycles. The van der Waals surface area contributed by atoms with Gasteiger partial charge in [0.2, 0.25) is 0 Å². The molecule has 1 amide bonds. The van der Waals surface area contributed by atoms with Crippen LogP contribution in [-0.2, 0) is 30.3 Å². The number of carbonyl (C=O) groups excluding carboxylic acids is 1. The molecular formula is C22H28BrNO5S. The van der Waals surface area contributed by atoms with E-state index in [1.54, 1.807) is 0 Å². The molecule has 4 rings (SSSR count). The van der Waals surface area contributed by atoms with Crippen molar-refractivity contribution >= 4 is 37.5 Å². The second-order valence-electron chi connectivity index (χ2n) is 8.80. The molecule has 30 heavy (non-hydrogen) atoms. The van der Waals surface area contributed by atoms with E-state index in [0.29, 0.717) is 36.3 Å². The van der Waals surface area contributed by atoms with Gasteiger partial charge < -0.3 is 14.2 Å². The molecule has 0 radical (unpaired) electrons. The molecule has 2 fully saturated rings. The summed E-state index contributed by atoms with van der Waals surface area (Å²) in [5.41, 5.74) is 2.21. The van der Waals surface area contributed by atoms with Crippen LogP contribution in [0.1, 0.15) is 55.7 Å². The lowest BCUT2D eigenvalue weighted by Crippen LogP contribution is -2.43. The van der Waals surface area contributed by atoms with E-state index in [4.69, 9.17) is 8.92 Å². The highest BCUT2D eigenvalue weighted by Crippen LogP contribution is 2.48. The van der Waals surface area contributed by atoms with Crippen LogP contribution < -0.4 is 5.32 Å². The van der Waals surface area contributed by atoms with Crippen molar-refractivity contribution in [1.82, 2.24) is 5.32 Å². The number of rotatable bonds is 7. The number of hydrogen-bond acceptors (Lipinski definition) is 5. The third-order valence-electron chi connectivity index (χ3n) is 6.16. The van der Waals surface area contributed by atoms with Gasteiger partial charge >= 0.3 is 10.1 Å². The summed E-state index contributed by atoms with van der Waals surface area (Å²) in [6.07, 6.45) is 6.00. The first-order valence-corrected chi connectivity index (χ1v) is 13.1. The molecule has 2 saturated carbocycles. The third-order valence-corrected chi connectivity index (χ3v) is 7.25. The van der Waals surface area contributed by atoms with Gasteiger partial charge in [-0.1, -0.05) is 28.9 Å². The normalized spacial score (nSPS) is 26.5. The molecule has 1 N–H and O–H groups in total. The number of nitrogens with one attached hydrogen (secondary N) is 1. The zero-order chi connectivity index (χ0) is 21.7. The lowest BCUT2D eigenvalue weighted by atomic mass is 9.91. The van der Waals surface area contributed by atoms with Crippen molar-refractivity contribution in [2.45, 2.75) is 64.0 Å². The number of amides is 1. The topological polar surface area (TPSA) is 81.7 Å². The lowest BCUT2D eigenvalue weighted by molar-refractivity contribution is -0.116. The number of carbonyl (C=O) groups is 1. The number of benzene rings is 1. The fourth-order valence-corrected chi connectivity index (χ4v) is 5.93. The molecule has 1 heterocycles. The van der Waals surface area contributed by atoms with E-state index in [-0.39, 0.29) is 17.8 Å². The van der Waals surface area contributed by atoms with Crippen molar-refractivity contribution < 1.29 is 22.1 Å². The van der Waals surface area contributed by atoms with Crippen LogP contribution in [0, 0.1) is 12.8 Å². The largest absolute Gasteiger partial charge is 0.384 e. The average Bonchev–Trinajstić information content (AvgIpc) is 3.34. The van der Waals surface area contributed by atoms with Gasteiger partial charge in [0.1, 0.15) is 5.54 Å². The third kappa shape index (κ3) is 4.32. The first-order valence-electron chi connectivity index (χ1n) is 10.5. The second-order valence-corrected chi connectivity index (χ2v) is 11.2. The summed E-state index contributed by atoms with van der Waals surface area (Å²) in [4.78, 5) is 13.2. The van der Waals surface area contributed by atoms with E-state index in [1.165, 1.54) is 12.8 Å².